The summed E-state index contributed by atoms with van der Waals surface area (Å²) in [7, 11) is 0. The first kappa shape index (κ1) is 12.1. The number of benzene rings is 1. The van der Waals surface area contributed by atoms with Gasteiger partial charge in [-0.1, -0.05) is 6.07 Å². The maximum atomic E-state index is 10.9. The molecule has 1 heterocycles. The van der Waals surface area contributed by atoms with E-state index in [1.165, 1.54) is 6.07 Å². The molecule has 2 aromatic rings. The van der Waals surface area contributed by atoms with E-state index in [4.69, 9.17) is 0 Å². The number of anilines is 1. The van der Waals surface area contributed by atoms with Gasteiger partial charge in [0.1, 0.15) is 5.69 Å². The third-order valence-electron chi connectivity index (χ3n) is 2.75. The number of hydrogen-bond acceptors (Lipinski definition) is 4. The number of hydrogen-bond donors (Lipinski definition) is 2. The van der Waals surface area contributed by atoms with Crippen molar-refractivity contribution in [3.05, 3.63) is 51.3 Å². The van der Waals surface area contributed by atoms with Crippen molar-refractivity contribution >= 4 is 11.4 Å². The van der Waals surface area contributed by atoms with E-state index in [0.717, 1.165) is 16.8 Å². The van der Waals surface area contributed by atoms with Gasteiger partial charge in [-0.2, -0.15) is 5.10 Å². The first-order chi connectivity index (χ1) is 8.58. The van der Waals surface area contributed by atoms with Crippen molar-refractivity contribution in [3.8, 4) is 0 Å². The first-order valence-electron chi connectivity index (χ1n) is 5.55. The second-order valence-electron chi connectivity index (χ2n) is 4.15. The lowest BCUT2D eigenvalue weighted by molar-refractivity contribution is -0.384. The molecule has 0 aliphatic rings. The molecule has 0 aliphatic heterocycles. The van der Waals surface area contributed by atoms with E-state index in [-0.39, 0.29) is 10.6 Å². The summed E-state index contributed by atoms with van der Waals surface area (Å²) in [5, 5.41) is 20.7. The minimum absolute atomic E-state index is 0.0850. The van der Waals surface area contributed by atoms with Crippen LogP contribution in [0.15, 0.2) is 24.4 Å². The van der Waals surface area contributed by atoms with E-state index in [9.17, 15) is 10.1 Å². The molecule has 2 rings (SSSR count). The molecule has 0 atom stereocenters. The van der Waals surface area contributed by atoms with Crippen LogP contribution in [0.5, 0.6) is 0 Å². The zero-order valence-electron chi connectivity index (χ0n) is 10.2. The van der Waals surface area contributed by atoms with Crippen LogP contribution in [0.4, 0.5) is 11.4 Å². The Labute approximate surface area is 104 Å². The zero-order chi connectivity index (χ0) is 13.1. The van der Waals surface area contributed by atoms with Crippen LogP contribution in [0.25, 0.3) is 0 Å². The van der Waals surface area contributed by atoms with Crippen LogP contribution < -0.4 is 5.32 Å². The Hall–Kier alpha value is -2.37. The summed E-state index contributed by atoms with van der Waals surface area (Å²) in [5.41, 5.74) is 3.54. The van der Waals surface area contributed by atoms with Gasteiger partial charge in [-0.25, -0.2) is 0 Å². The van der Waals surface area contributed by atoms with E-state index < -0.39 is 0 Å². The average molecular weight is 246 g/mol. The Kier molecular flexibility index (Phi) is 3.27. The molecule has 0 saturated heterocycles. The number of aromatic nitrogens is 2. The second kappa shape index (κ2) is 4.87. The number of aryl methyl sites for hydroxylation is 2. The van der Waals surface area contributed by atoms with Gasteiger partial charge in [0.2, 0.25) is 0 Å². The molecule has 0 unspecified atom stereocenters. The summed E-state index contributed by atoms with van der Waals surface area (Å²) < 4.78 is 0. The van der Waals surface area contributed by atoms with Gasteiger partial charge in [0.15, 0.2) is 0 Å². The summed E-state index contributed by atoms with van der Waals surface area (Å²) in [5.74, 6) is 0. The predicted octanol–water partition coefficient (Wildman–Crippen LogP) is 2.55. The Morgan fingerprint density at radius 1 is 1.44 bits per heavy atom. The first-order valence-corrected chi connectivity index (χ1v) is 5.55. The summed E-state index contributed by atoms with van der Waals surface area (Å²) in [6.07, 6.45) is 1.71. The number of nitro benzene ring substituents is 1. The number of H-pyrrole nitrogens is 1. The molecular formula is C12H14N4O2. The Bertz CT molecular complexity index is 577. The fourth-order valence-corrected chi connectivity index (χ4v) is 1.70. The van der Waals surface area contributed by atoms with Crippen LogP contribution in [-0.2, 0) is 6.54 Å². The van der Waals surface area contributed by atoms with Gasteiger partial charge >= 0.3 is 0 Å². The minimum atomic E-state index is -0.385. The SMILES string of the molecule is Cc1ccc([N+](=O)[O-])c(NCc2cn[nH]c2C)c1. The van der Waals surface area contributed by atoms with Crippen LogP contribution in [0, 0.1) is 24.0 Å². The number of nitrogens with one attached hydrogen (secondary N) is 2. The quantitative estimate of drug-likeness (QED) is 0.641. The van der Waals surface area contributed by atoms with Crippen molar-refractivity contribution in [2.75, 3.05) is 5.32 Å². The van der Waals surface area contributed by atoms with Crippen molar-refractivity contribution in [2.24, 2.45) is 0 Å². The summed E-state index contributed by atoms with van der Waals surface area (Å²) in [6.45, 7) is 4.32. The molecule has 1 aromatic heterocycles. The Balaban J connectivity index is 2.20. The lowest BCUT2D eigenvalue weighted by atomic mass is 10.2. The smallest absolute Gasteiger partial charge is 0.292 e. The van der Waals surface area contributed by atoms with Gasteiger partial charge in [-0.05, 0) is 25.5 Å². The summed E-state index contributed by atoms with van der Waals surface area (Å²) in [4.78, 5) is 10.5. The lowest BCUT2D eigenvalue weighted by Crippen LogP contribution is -2.03. The normalized spacial score (nSPS) is 10.3. The number of nitro groups is 1. The maximum Gasteiger partial charge on any atom is 0.292 e. The highest BCUT2D eigenvalue weighted by Crippen LogP contribution is 2.25. The molecule has 0 aliphatic carbocycles. The van der Waals surface area contributed by atoms with Gasteiger partial charge < -0.3 is 5.32 Å². The van der Waals surface area contributed by atoms with Gasteiger partial charge in [0.05, 0.1) is 11.1 Å². The van der Waals surface area contributed by atoms with E-state index >= 15 is 0 Å². The molecular weight excluding hydrogens is 232 g/mol. The molecule has 6 heteroatoms. The van der Waals surface area contributed by atoms with Crippen LogP contribution in [0.1, 0.15) is 16.8 Å². The number of rotatable bonds is 4. The molecule has 94 valence electrons. The lowest BCUT2D eigenvalue weighted by Gasteiger charge is -2.07. The second-order valence-corrected chi connectivity index (χ2v) is 4.15. The van der Waals surface area contributed by atoms with Crippen molar-refractivity contribution in [1.29, 1.82) is 0 Å². The number of aromatic amines is 1. The third kappa shape index (κ3) is 2.48. The maximum absolute atomic E-state index is 10.9. The van der Waals surface area contributed by atoms with E-state index in [0.29, 0.717) is 12.2 Å². The molecule has 18 heavy (non-hydrogen) atoms. The molecule has 1 aromatic carbocycles. The fourth-order valence-electron chi connectivity index (χ4n) is 1.70. The molecule has 0 amide bonds. The van der Waals surface area contributed by atoms with Crippen molar-refractivity contribution in [1.82, 2.24) is 10.2 Å². The van der Waals surface area contributed by atoms with Gasteiger partial charge in [-0.3, -0.25) is 15.2 Å². The molecule has 6 nitrogen and oxygen atoms in total. The Morgan fingerprint density at radius 3 is 2.83 bits per heavy atom. The largest absolute Gasteiger partial charge is 0.375 e. The van der Waals surface area contributed by atoms with Crippen molar-refractivity contribution in [3.63, 3.8) is 0 Å². The highest BCUT2D eigenvalue weighted by molar-refractivity contribution is 5.62. The van der Waals surface area contributed by atoms with Crippen LogP contribution in [0.3, 0.4) is 0 Å². The Morgan fingerprint density at radius 2 is 2.22 bits per heavy atom. The third-order valence-corrected chi connectivity index (χ3v) is 2.75. The molecule has 2 N–H and O–H groups in total. The molecule has 0 spiro atoms. The van der Waals surface area contributed by atoms with Crippen LogP contribution in [0.2, 0.25) is 0 Å². The van der Waals surface area contributed by atoms with Gasteiger partial charge in [-0.15, -0.1) is 0 Å². The summed E-state index contributed by atoms with van der Waals surface area (Å²) in [6, 6.07) is 5.01. The van der Waals surface area contributed by atoms with Crippen molar-refractivity contribution < 1.29 is 4.92 Å². The zero-order valence-corrected chi connectivity index (χ0v) is 10.2. The van der Waals surface area contributed by atoms with Gasteiger partial charge in [0.25, 0.3) is 5.69 Å². The average Bonchev–Trinajstić information content (AvgIpc) is 2.72. The highest BCUT2D eigenvalue weighted by atomic mass is 16.6. The van der Waals surface area contributed by atoms with E-state index in [1.807, 2.05) is 13.8 Å². The standard InChI is InChI=1S/C12H14N4O2/c1-8-3-4-12(16(17)18)11(5-8)13-6-10-7-14-15-9(10)2/h3-5,7,13H,6H2,1-2H3,(H,14,15). The highest BCUT2D eigenvalue weighted by Gasteiger charge is 2.13. The predicted molar refractivity (Wildman–Crippen MR) is 68.5 cm³/mol. The number of nitrogens with zero attached hydrogens (tertiary/aromatic N) is 2. The van der Waals surface area contributed by atoms with E-state index in [2.05, 4.69) is 15.5 Å². The van der Waals surface area contributed by atoms with Crippen LogP contribution >= 0.6 is 0 Å². The van der Waals surface area contributed by atoms with Crippen LogP contribution in [-0.4, -0.2) is 15.1 Å². The monoisotopic (exact) mass is 246 g/mol. The molecule has 0 radical (unpaired) electrons. The molecule has 0 fully saturated rings. The van der Waals surface area contributed by atoms with Gasteiger partial charge in [0, 0.05) is 23.9 Å². The van der Waals surface area contributed by atoms with E-state index in [1.54, 1.807) is 18.3 Å². The minimum Gasteiger partial charge on any atom is -0.375 e. The molecule has 0 bridgehead atoms. The van der Waals surface area contributed by atoms with Crippen molar-refractivity contribution in [2.45, 2.75) is 20.4 Å². The molecule has 0 saturated carbocycles. The summed E-state index contributed by atoms with van der Waals surface area (Å²) >= 11 is 0. The fraction of sp³-hybridized carbons (Fsp3) is 0.250. The topological polar surface area (TPSA) is 83.8 Å².